The lowest BCUT2D eigenvalue weighted by molar-refractivity contribution is -0.00857. The highest BCUT2D eigenvalue weighted by molar-refractivity contribution is 5.20. The Morgan fingerprint density at radius 2 is 1.79 bits per heavy atom. The maximum atomic E-state index is 12.9. The standard InChI is InChI=1S/C9H9F3.C2H6/c1-2-9(11,12)7-4-3-5-8(10)6-7;1-2/h3-6H,2H2,1H3;1-2H3. The van der Waals surface area contributed by atoms with Crippen LogP contribution >= 0.6 is 0 Å². The average Bonchev–Trinajstić information content (AvgIpc) is 2.21. The molecule has 0 saturated heterocycles. The minimum atomic E-state index is -2.91. The molecule has 0 fully saturated rings. The van der Waals surface area contributed by atoms with E-state index in [4.69, 9.17) is 0 Å². The number of hydrogen-bond acceptors (Lipinski definition) is 0. The van der Waals surface area contributed by atoms with Crippen molar-refractivity contribution in [1.82, 2.24) is 0 Å². The van der Waals surface area contributed by atoms with Gasteiger partial charge in [-0.05, 0) is 12.1 Å². The molecule has 0 aliphatic rings. The first kappa shape index (κ1) is 13.0. The summed E-state index contributed by atoms with van der Waals surface area (Å²) in [6.07, 6.45) is -0.309. The van der Waals surface area contributed by atoms with Crippen LogP contribution in [-0.4, -0.2) is 0 Å². The molecule has 3 heteroatoms. The molecule has 0 aliphatic carbocycles. The van der Waals surface area contributed by atoms with E-state index in [1.54, 1.807) is 0 Å². The van der Waals surface area contributed by atoms with Gasteiger partial charge in [0.1, 0.15) is 5.82 Å². The van der Waals surface area contributed by atoms with Gasteiger partial charge in [0, 0.05) is 12.0 Å². The summed E-state index contributed by atoms with van der Waals surface area (Å²) in [5.74, 6) is -3.54. The van der Waals surface area contributed by atoms with Crippen LogP contribution in [0.15, 0.2) is 24.3 Å². The molecule has 0 aromatic heterocycles. The predicted octanol–water partition coefficient (Wildman–Crippen LogP) is 4.35. The molecule has 0 amide bonds. The van der Waals surface area contributed by atoms with Crippen LogP contribution in [0.25, 0.3) is 0 Å². The number of rotatable bonds is 2. The normalized spacial score (nSPS) is 10.4. The van der Waals surface area contributed by atoms with Gasteiger partial charge in [-0.15, -0.1) is 0 Å². The Bertz CT molecular complexity index is 269. The van der Waals surface area contributed by atoms with E-state index < -0.39 is 11.7 Å². The zero-order valence-electron chi connectivity index (χ0n) is 8.65. The van der Waals surface area contributed by atoms with Crippen LogP contribution in [-0.2, 0) is 5.92 Å². The van der Waals surface area contributed by atoms with Gasteiger partial charge in [-0.2, -0.15) is 0 Å². The molecule has 0 heterocycles. The molecule has 1 rings (SSSR count). The van der Waals surface area contributed by atoms with Gasteiger partial charge in [-0.3, -0.25) is 0 Å². The van der Waals surface area contributed by atoms with Gasteiger partial charge in [0.2, 0.25) is 0 Å². The van der Waals surface area contributed by atoms with Crippen molar-refractivity contribution in [2.75, 3.05) is 0 Å². The Morgan fingerprint density at radius 1 is 1.21 bits per heavy atom. The van der Waals surface area contributed by atoms with Gasteiger partial charge < -0.3 is 0 Å². The SMILES string of the molecule is CC.CCC(F)(F)c1cccc(F)c1. The molecule has 0 aliphatic heterocycles. The van der Waals surface area contributed by atoms with Crippen LogP contribution in [0.5, 0.6) is 0 Å². The summed E-state index contributed by atoms with van der Waals surface area (Å²) in [5, 5.41) is 0. The van der Waals surface area contributed by atoms with E-state index in [0.29, 0.717) is 0 Å². The minimum Gasteiger partial charge on any atom is -0.207 e. The summed E-state index contributed by atoms with van der Waals surface area (Å²) in [6, 6.07) is 4.53. The Kier molecular flexibility index (Phi) is 5.28. The van der Waals surface area contributed by atoms with Crippen molar-refractivity contribution in [2.24, 2.45) is 0 Å². The van der Waals surface area contributed by atoms with Crippen LogP contribution in [0.4, 0.5) is 13.2 Å². The Morgan fingerprint density at radius 3 is 2.21 bits per heavy atom. The molecule has 0 atom stereocenters. The zero-order chi connectivity index (χ0) is 11.2. The number of benzene rings is 1. The van der Waals surface area contributed by atoms with Crippen LogP contribution in [0.2, 0.25) is 0 Å². The van der Waals surface area contributed by atoms with Gasteiger partial charge >= 0.3 is 0 Å². The predicted molar refractivity (Wildman–Crippen MR) is 51.9 cm³/mol. The summed E-state index contributed by atoms with van der Waals surface area (Å²) >= 11 is 0. The summed E-state index contributed by atoms with van der Waals surface area (Å²) in [4.78, 5) is 0. The van der Waals surface area contributed by atoms with Crippen LogP contribution in [0.3, 0.4) is 0 Å². The maximum absolute atomic E-state index is 12.9. The van der Waals surface area contributed by atoms with Gasteiger partial charge in [0.05, 0.1) is 0 Å². The van der Waals surface area contributed by atoms with Crippen molar-refractivity contribution in [3.8, 4) is 0 Å². The smallest absolute Gasteiger partial charge is 0.207 e. The van der Waals surface area contributed by atoms with E-state index in [9.17, 15) is 13.2 Å². The second-order valence-electron chi connectivity index (χ2n) is 2.57. The van der Waals surface area contributed by atoms with Gasteiger partial charge in [0.15, 0.2) is 0 Å². The van der Waals surface area contributed by atoms with Crippen molar-refractivity contribution >= 4 is 0 Å². The molecule has 14 heavy (non-hydrogen) atoms. The summed E-state index contributed by atoms with van der Waals surface area (Å²) in [5.41, 5.74) is -0.259. The zero-order valence-corrected chi connectivity index (χ0v) is 8.65. The second kappa shape index (κ2) is 5.68. The second-order valence-corrected chi connectivity index (χ2v) is 2.57. The molecular formula is C11H15F3. The first-order valence-corrected chi connectivity index (χ1v) is 4.70. The Balaban J connectivity index is 0.000000791. The third kappa shape index (κ3) is 3.40. The molecule has 80 valence electrons. The van der Waals surface area contributed by atoms with E-state index in [0.717, 1.165) is 12.1 Å². The monoisotopic (exact) mass is 204 g/mol. The van der Waals surface area contributed by atoms with Crippen LogP contribution < -0.4 is 0 Å². The number of alkyl halides is 2. The third-order valence-corrected chi connectivity index (χ3v) is 1.69. The summed E-state index contributed by atoms with van der Waals surface area (Å²) in [7, 11) is 0. The van der Waals surface area contributed by atoms with Crippen molar-refractivity contribution in [1.29, 1.82) is 0 Å². The first-order valence-electron chi connectivity index (χ1n) is 4.70. The topological polar surface area (TPSA) is 0 Å². The van der Waals surface area contributed by atoms with E-state index in [-0.39, 0.29) is 12.0 Å². The number of halogens is 3. The maximum Gasteiger partial charge on any atom is 0.273 e. The van der Waals surface area contributed by atoms with Gasteiger partial charge in [-0.1, -0.05) is 32.9 Å². The molecule has 0 nitrogen and oxygen atoms in total. The van der Waals surface area contributed by atoms with Crippen molar-refractivity contribution in [2.45, 2.75) is 33.1 Å². The van der Waals surface area contributed by atoms with Crippen LogP contribution in [0, 0.1) is 5.82 Å². The fraction of sp³-hybridized carbons (Fsp3) is 0.455. The third-order valence-electron chi connectivity index (χ3n) is 1.69. The van der Waals surface area contributed by atoms with Gasteiger partial charge in [0.25, 0.3) is 5.92 Å². The largest absolute Gasteiger partial charge is 0.273 e. The highest BCUT2D eigenvalue weighted by atomic mass is 19.3. The molecular weight excluding hydrogens is 189 g/mol. The Labute approximate surface area is 82.8 Å². The average molecular weight is 204 g/mol. The fourth-order valence-corrected chi connectivity index (χ4v) is 0.920. The minimum absolute atomic E-state index is 0.259. The lowest BCUT2D eigenvalue weighted by Crippen LogP contribution is -2.11. The van der Waals surface area contributed by atoms with E-state index in [2.05, 4.69) is 0 Å². The summed E-state index contributed by atoms with van der Waals surface area (Å²) < 4.78 is 38.3. The molecule has 0 spiro atoms. The molecule has 1 aromatic rings. The van der Waals surface area contributed by atoms with Gasteiger partial charge in [-0.25, -0.2) is 13.2 Å². The number of hydrogen-bond donors (Lipinski definition) is 0. The molecule has 0 unspecified atom stereocenters. The van der Waals surface area contributed by atoms with Crippen LogP contribution in [0.1, 0.15) is 32.8 Å². The molecule has 0 bridgehead atoms. The highest BCUT2D eigenvalue weighted by Gasteiger charge is 2.28. The molecule has 1 aromatic carbocycles. The van der Waals surface area contributed by atoms with E-state index >= 15 is 0 Å². The van der Waals surface area contributed by atoms with Crippen molar-refractivity contribution < 1.29 is 13.2 Å². The Hall–Kier alpha value is -0.990. The summed E-state index contributed by atoms with van der Waals surface area (Å²) in [6.45, 7) is 5.37. The highest BCUT2D eigenvalue weighted by Crippen LogP contribution is 2.31. The lowest BCUT2D eigenvalue weighted by atomic mass is 10.1. The van der Waals surface area contributed by atoms with Crippen molar-refractivity contribution in [3.05, 3.63) is 35.6 Å². The lowest BCUT2D eigenvalue weighted by Gasteiger charge is -2.13. The molecule has 0 N–H and O–H groups in total. The fourth-order valence-electron chi connectivity index (χ4n) is 0.920. The van der Waals surface area contributed by atoms with E-state index in [1.807, 2.05) is 13.8 Å². The van der Waals surface area contributed by atoms with Crippen molar-refractivity contribution in [3.63, 3.8) is 0 Å². The first-order chi connectivity index (χ1) is 6.56. The molecule has 0 radical (unpaired) electrons. The van der Waals surface area contributed by atoms with E-state index in [1.165, 1.54) is 19.1 Å². The quantitative estimate of drug-likeness (QED) is 0.671. The molecule has 0 saturated carbocycles.